The van der Waals surface area contributed by atoms with Crippen molar-refractivity contribution in [2.45, 2.75) is 66.1 Å². The molecule has 37 heavy (non-hydrogen) atoms. The maximum absolute atomic E-state index is 13.8. The number of anilines is 1. The maximum Gasteiger partial charge on any atom is 0.271 e. The topological polar surface area (TPSA) is 130 Å². The average Bonchev–Trinajstić information content (AvgIpc) is 2.81. The summed E-state index contributed by atoms with van der Waals surface area (Å²) in [5.41, 5.74) is 1.97. The van der Waals surface area contributed by atoms with Crippen molar-refractivity contribution in [3.05, 3.63) is 69.3 Å². The van der Waals surface area contributed by atoms with E-state index in [0.29, 0.717) is 18.4 Å². The first-order valence-electron chi connectivity index (χ1n) is 12.2. The molecule has 0 spiro atoms. The van der Waals surface area contributed by atoms with Crippen molar-refractivity contribution in [3.63, 3.8) is 0 Å². The SMILES string of the molecule is CC[C@@H](C)NC(=O)[C@@H](CC)N(Cc1cccc(C)c1)C(=O)CN(c1cc([N+](=O)[O-])ccc1C)S(C)(=O)=O. The molecule has 0 aliphatic rings. The molecule has 0 saturated carbocycles. The minimum atomic E-state index is -4.00. The van der Waals surface area contributed by atoms with Gasteiger partial charge in [0.2, 0.25) is 21.8 Å². The van der Waals surface area contributed by atoms with Crippen LogP contribution >= 0.6 is 0 Å². The van der Waals surface area contributed by atoms with Crippen LogP contribution in [0.15, 0.2) is 42.5 Å². The van der Waals surface area contributed by atoms with E-state index in [9.17, 15) is 28.1 Å². The van der Waals surface area contributed by atoms with Gasteiger partial charge in [-0.15, -0.1) is 0 Å². The molecule has 2 amide bonds. The number of sulfonamides is 1. The van der Waals surface area contributed by atoms with Crippen LogP contribution in [0, 0.1) is 24.0 Å². The third kappa shape index (κ3) is 8.01. The Bertz CT molecular complexity index is 1250. The Morgan fingerprint density at radius 1 is 1.08 bits per heavy atom. The fraction of sp³-hybridized carbons (Fsp3) is 0.462. The molecule has 0 aliphatic heterocycles. The predicted molar refractivity (Wildman–Crippen MR) is 144 cm³/mol. The number of aryl methyl sites for hydroxylation is 2. The van der Waals surface area contributed by atoms with Gasteiger partial charge in [0.05, 0.1) is 16.9 Å². The van der Waals surface area contributed by atoms with Crippen LogP contribution in [0.3, 0.4) is 0 Å². The van der Waals surface area contributed by atoms with E-state index in [1.807, 2.05) is 45.0 Å². The second kappa shape index (κ2) is 12.7. The Morgan fingerprint density at radius 2 is 1.76 bits per heavy atom. The van der Waals surface area contributed by atoms with Gasteiger partial charge in [-0.1, -0.05) is 49.7 Å². The van der Waals surface area contributed by atoms with Crippen LogP contribution in [0.4, 0.5) is 11.4 Å². The number of rotatable bonds is 12. The summed E-state index contributed by atoms with van der Waals surface area (Å²) in [7, 11) is -4.00. The molecule has 1 N–H and O–H groups in total. The fourth-order valence-corrected chi connectivity index (χ4v) is 4.84. The molecule has 0 unspecified atom stereocenters. The first-order valence-corrected chi connectivity index (χ1v) is 14.0. The zero-order valence-corrected chi connectivity index (χ0v) is 23.0. The fourth-order valence-electron chi connectivity index (χ4n) is 3.94. The molecule has 11 heteroatoms. The highest BCUT2D eigenvalue weighted by molar-refractivity contribution is 7.92. The second-order valence-corrected chi connectivity index (χ2v) is 11.2. The normalized spacial score (nSPS) is 12.9. The van der Waals surface area contributed by atoms with Gasteiger partial charge in [-0.3, -0.25) is 24.0 Å². The highest BCUT2D eigenvalue weighted by Gasteiger charge is 2.33. The van der Waals surface area contributed by atoms with Crippen LogP contribution in [-0.4, -0.2) is 54.9 Å². The summed E-state index contributed by atoms with van der Waals surface area (Å²) in [5, 5.41) is 14.2. The molecule has 0 saturated heterocycles. The van der Waals surface area contributed by atoms with Gasteiger partial charge in [0.15, 0.2) is 0 Å². The summed E-state index contributed by atoms with van der Waals surface area (Å²) in [6.07, 6.45) is 1.97. The van der Waals surface area contributed by atoms with E-state index in [1.165, 1.54) is 17.0 Å². The number of non-ortho nitro benzene ring substituents is 1. The highest BCUT2D eigenvalue weighted by atomic mass is 32.2. The van der Waals surface area contributed by atoms with Crippen molar-refractivity contribution in [3.8, 4) is 0 Å². The first-order chi connectivity index (χ1) is 17.3. The molecule has 202 valence electrons. The molecule has 0 aromatic heterocycles. The standard InChI is InChI=1S/C26H36N4O6S/c1-7-20(5)27-26(32)23(8-2)28(16-21-11-9-10-18(3)14-21)25(31)17-29(37(6,35)36)24-15-22(30(33)34)13-12-19(24)4/h9-15,20,23H,7-8,16-17H2,1-6H3,(H,27,32)/t20-,23-/m1/s1. The minimum Gasteiger partial charge on any atom is -0.352 e. The van der Waals surface area contributed by atoms with Crippen LogP contribution in [-0.2, 0) is 26.2 Å². The maximum atomic E-state index is 13.8. The molecule has 0 fully saturated rings. The van der Waals surface area contributed by atoms with Gasteiger partial charge < -0.3 is 10.2 Å². The Balaban J connectivity index is 2.53. The van der Waals surface area contributed by atoms with E-state index in [2.05, 4.69) is 5.32 Å². The number of amides is 2. The number of hydrogen-bond acceptors (Lipinski definition) is 6. The Labute approximate surface area is 218 Å². The zero-order valence-electron chi connectivity index (χ0n) is 22.2. The quantitative estimate of drug-likeness (QED) is 0.328. The molecule has 2 aromatic carbocycles. The monoisotopic (exact) mass is 532 g/mol. The summed E-state index contributed by atoms with van der Waals surface area (Å²) in [5.74, 6) is -0.917. The van der Waals surface area contributed by atoms with E-state index in [1.54, 1.807) is 13.8 Å². The summed E-state index contributed by atoms with van der Waals surface area (Å²) < 4.78 is 26.4. The first kappa shape index (κ1) is 29.8. The van der Waals surface area contributed by atoms with Crippen molar-refractivity contribution >= 4 is 33.2 Å². The van der Waals surface area contributed by atoms with E-state index in [-0.39, 0.29) is 29.9 Å². The molecule has 2 aromatic rings. The second-order valence-electron chi connectivity index (χ2n) is 9.25. The average molecular weight is 533 g/mol. The van der Waals surface area contributed by atoms with Gasteiger partial charge in [-0.2, -0.15) is 0 Å². The van der Waals surface area contributed by atoms with Crippen molar-refractivity contribution in [1.82, 2.24) is 10.2 Å². The number of nitro benzene ring substituents is 1. The summed E-state index contributed by atoms with van der Waals surface area (Å²) >= 11 is 0. The third-order valence-electron chi connectivity index (χ3n) is 6.17. The molecule has 0 aliphatic carbocycles. The zero-order chi connectivity index (χ0) is 27.9. The lowest BCUT2D eigenvalue weighted by molar-refractivity contribution is -0.384. The number of nitro groups is 1. The van der Waals surface area contributed by atoms with Gasteiger partial charge in [0.1, 0.15) is 12.6 Å². The summed E-state index contributed by atoms with van der Waals surface area (Å²) in [4.78, 5) is 39.0. The van der Waals surface area contributed by atoms with Crippen LogP contribution in [0.1, 0.15) is 50.3 Å². The number of nitrogens with zero attached hydrogens (tertiary/aromatic N) is 3. The number of hydrogen-bond donors (Lipinski definition) is 1. The Hall–Kier alpha value is -3.47. The van der Waals surface area contributed by atoms with Gasteiger partial charge in [0, 0.05) is 24.7 Å². The molecular weight excluding hydrogens is 496 g/mol. The van der Waals surface area contributed by atoms with Crippen LogP contribution in [0.2, 0.25) is 0 Å². The lowest BCUT2D eigenvalue weighted by atomic mass is 10.1. The number of carbonyl (C=O) groups excluding carboxylic acids is 2. The van der Waals surface area contributed by atoms with Crippen molar-refractivity contribution in [1.29, 1.82) is 0 Å². The molecule has 0 radical (unpaired) electrons. The summed E-state index contributed by atoms with van der Waals surface area (Å²) in [6.45, 7) is 8.61. The molecular formula is C26H36N4O6S. The number of nitrogens with one attached hydrogen (secondary N) is 1. The smallest absolute Gasteiger partial charge is 0.271 e. The third-order valence-corrected chi connectivity index (χ3v) is 7.30. The molecule has 2 atom stereocenters. The van der Waals surface area contributed by atoms with Crippen LogP contribution < -0.4 is 9.62 Å². The Morgan fingerprint density at radius 3 is 2.30 bits per heavy atom. The highest BCUT2D eigenvalue weighted by Crippen LogP contribution is 2.28. The molecule has 0 heterocycles. The lowest BCUT2D eigenvalue weighted by Crippen LogP contribution is -2.53. The largest absolute Gasteiger partial charge is 0.352 e. The van der Waals surface area contributed by atoms with Crippen LogP contribution in [0.25, 0.3) is 0 Å². The van der Waals surface area contributed by atoms with Gasteiger partial charge >= 0.3 is 0 Å². The predicted octanol–water partition coefficient (Wildman–Crippen LogP) is 3.70. The number of benzene rings is 2. The van der Waals surface area contributed by atoms with Crippen molar-refractivity contribution in [2.24, 2.45) is 0 Å². The van der Waals surface area contributed by atoms with E-state index >= 15 is 0 Å². The molecule has 2 rings (SSSR count). The van der Waals surface area contributed by atoms with Gasteiger partial charge in [-0.05, 0) is 44.7 Å². The van der Waals surface area contributed by atoms with E-state index in [0.717, 1.165) is 27.8 Å². The number of carbonyl (C=O) groups is 2. The van der Waals surface area contributed by atoms with Gasteiger partial charge in [0.25, 0.3) is 5.69 Å². The lowest BCUT2D eigenvalue weighted by Gasteiger charge is -2.33. The molecule has 10 nitrogen and oxygen atoms in total. The molecule has 0 bridgehead atoms. The van der Waals surface area contributed by atoms with E-state index < -0.39 is 33.4 Å². The Kier molecular flexibility index (Phi) is 10.2. The van der Waals surface area contributed by atoms with Crippen molar-refractivity contribution < 1.29 is 22.9 Å². The van der Waals surface area contributed by atoms with E-state index in [4.69, 9.17) is 0 Å². The summed E-state index contributed by atoms with van der Waals surface area (Å²) in [6, 6.07) is 10.4. The van der Waals surface area contributed by atoms with Crippen molar-refractivity contribution in [2.75, 3.05) is 17.1 Å². The van der Waals surface area contributed by atoms with Crippen LogP contribution in [0.5, 0.6) is 0 Å². The van der Waals surface area contributed by atoms with Gasteiger partial charge in [-0.25, -0.2) is 8.42 Å². The minimum absolute atomic E-state index is 0.0395.